The molecule has 1 aromatic heterocycles. The van der Waals surface area contributed by atoms with Crippen LogP contribution in [0.4, 0.5) is 0 Å². The van der Waals surface area contributed by atoms with Crippen molar-refractivity contribution in [2.24, 2.45) is 5.41 Å². The molecule has 0 aliphatic carbocycles. The van der Waals surface area contributed by atoms with Gasteiger partial charge in [-0.25, -0.2) is 0 Å². The Hall–Kier alpha value is -2.42. The maximum absolute atomic E-state index is 4.78. The fourth-order valence-electron chi connectivity index (χ4n) is 4.70. The fraction of sp³-hybridized carbons (Fsp3) is 0.500. The fourth-order valence-corrected chi connectivity index (χ4v) is 4.70. The molecule has 3 aromatic rings. The van der Waals surface area contributed by atoms with Crippen LogP contribution in [0.3, 0.4) is 0 Å². The van der Waals surface area contributed by atoms with Crippen LogP contribution in [0.15, 0.2) is 42.5 Å². The van der Waals surface area contributed by atoms with E-state index in [0.717, 1.165) is 29.3 Å². The number of hydrogen-bond acceptors (Lipinski definition) is 2. The first kappa shape index (κ1) is 23.2. The molecule has 0 spiro atoms. The second-order valence-corrected chi connectivity index (χ2v) is 11.9. The van der Waals surface area contributed by atoms with Gasteiger partial charge >= 0.3 is 0 Å². The number of aryl methyl sites for hydroxylation is 2. The van der Waals surface area contributed by atoms with E-state index < -0.39 is 0 Å². The molecule has 0 fully saturated rings. The molecule has 0 saturated carbocycles. The van der Waals surface area contributed by atoms with E-state index in [1.165, 1.54) is 16.7 Å². The van der Waals surface area contributed by atoms with Crippen LogP contribution in [0.2, 0.25) is 0 Å². The van der Waals surface area contributed by atoms with E-state index in [2.05, 4.69) is 116 Å². The van der Waals surface area contributed by atoms with Crippen molar-refractivity contribution in [1.29, 1.82) is 0 Å². The van der Waals surface area contributed by atoms with Crippen LogP contribution in [0.1, 0.15) is 84.3 Å². The van der Waals surface area contributed by atoms with Crippen LogP contribution in [0, 0.1) is 19.3 Å². The zero-order valence-electron chi connectivity index (χ0n) is 21.1. The number of hydrogen-bond donors (Lipinski definition) is 0. The molecule has 31 heavy (non-hydrogen) atoms. The summed E-state index contributed by atoms with van der Waals surface area (Å²) < 4.78 is 2.29. The molecule has 0 amide bonds. The molecular formula is C28H39N3. The summed E-state index contributed by atoms with van der Waals surface area (Å²) in [7, 11) is 0. The predicted molar refractivity (Wildman–Crippen MR) is 132 cm³/mol. The topological polar surface area (TPSA) is 30.7 Å². The summed E-state index contributed by atoms with van der Waals surface area (Å²) in [6.45, 7) is 22.6. The summed E-state index contributed by atoms with van der Waals surface area (Å²) in [5.74, 6) is 1.93. The molecule has 3 rings (SSSR count). The molecular weight excluding hydrogens is 378 g/mol. The minimum Gasteiger partial charge on any atom is -0.278 e. The first-order valence-corrected chi connectivity index (χ1v) is 11.3. The molecule has 166 valence electrons. The van der Waals surface area contributed by atoms with Gasteiger partial charge in [-0.15, -0.1) is 10.2 Å². The standard InChI is InChI=1S/C28H39N3/c1-19-12-11-13-21(16-19)24-29-30-25(28(9,10)18-26(3,4)5)31(24)23-15-14-22(17-20(23)2)27(6,7)8/h11-17H,18H2,1-10H3. The van der Waals surface area contributed by atoms with Gasteiger partial charge in [0, 0.05) is 11.0 Å². The van der Waals surface area contributed by atoms with Crippen molar-refractivity contribution in [2.75, 3.05) is 0 Å². The Balaban J connectivity index is 2.27. The smallest absolute Gasteiger partial charge is 0.168 e. The predicted octanol–water partition coefficient (Wildman–Crippen LogP) is 7.56. The average Bonchev–Trinajstić information content (AvgIpc) is 3.04. The molecule has 1 heterocycles. The molecule has 0 saturated heterocycles. The summed E-state index contributed by atoms with van der Waals surface area (Å²) in [6, 6.07) is 15.4. The SMILES string of the molecule is Cc1cccc(-c2nnc(C(C)(C)CC(C)(C)C)n2-c2ccc(C(C)(C)C)cc2C)c1. The Bertz CT molecular complexity index is 1070. The van der Waals surface area contributed by atoms with E-state index >= 15 is 0 Å². The van der Waals surface area contributed by atoms with Crippen molar-refractivity contribution < 1.29 is 0 Å². The zero-order valence-corrected chi connectivity index (χ0v) is 21.1. The third kappa shape index (κ3) is 5.08. The van der Waals surface area contributed by atoms with Gasteiger partial charge in [0.1, 0.15) is 5.82 Å². The van der Waals surface area contributed by atoms with E-state index in [1.807, 2.05) is 0 Å². The summed E-state index contributed by atoms with van der Waals surface area (Å²) in [4.78, 5) is 0. The second-order valence-electron chi connectivity index (χ2n) is 11.9. The quantitative estimate of drug-likeness (QED) is 0.438. The Morgan fingerprint density at radius 1 is 0.806 bits per heavy atom. The lowest BCUT2D eigenvalue weighted by atomic mass is 9.75. The number of aromatic nitrogens is 3. The van der Waals surface area contributed by atoms with Crippen LogP contribution in [0.25, 0.3) is 17.1 Å². The van der Waals surface area contributed by atoms with Gasteiger partial charge in [0.25, 0.3) is 0 Å². The lowest BCUT2D eigenvalue weighted by Gasteiger charge is -2.32. The minimum absolute atomic E-state index is 0.115. The minimum atomic E-state index is -0.123. The van der Waals surface area contributed by atoms with Crippen molar-refractivity contribution in [1.82, 2.24) is 14.8 Å². The van der Waals surface area contributed by atoms with E-state index in [9.17, 15) is 0 Å². The van der Waals surface area contributed by atoms with E-state index in [4.69, 9.17) is 10.2 Å². The molecule has 0 N–H and O–H groups in total. The lowest BCUT2D eigenvalue weighted by Crippen LogP contribution is -2.28. The number of benzene rings is 2. The van der Waals surface area contributed by atoms with Gasteiger partial charge in [-0.1, -0.05) is 91.3 Å². The third-order valence-corrected chi connectivity index (χ3v) is 5.82. The molecule has 0 unspecified atom stereocenters. The zero-order chi connectivity index (χ0) is 23.2. The van der Waals surface area contributed by atoms with Crippen molar-refractivity contribution in [3.8, 4) is 17.1 Å². The highest BCUT2D eigenvalue weighted by molar-refractivity contribution is 5.61. The summed E-state index contributed by atoms with van der Waals surface area (Å²) >= 11 is 0. The monoisotopic (exact) mass is 417 g/mol. The highest BCUT2D eigenvalue weighted by atomic mass is 15.3. The Morgan fingerprint density at radius 3 is 2.03 bits per heavy atom. The molecule has 2 aromatic carbocycles. The van der Waals surface area contributed by atoms with Gasteiger partial charge in [0.15, 0.2) is 5.82 Å². The van der Waals surface area contributed by atoms with Gasteiger partial charge < -0.3 is 0 Å². The van der Waals surface area contributed by atoms with Gasteiger partial charge in [0.05, 0.1) is 5.69 Å². The third-order valence-electron chi connectivity index (χ3n) is 5.82. The van der Waals surface area contributed by atoms with Crippen LogP contribution in [-0.4, -0.2) is 14.8 Å². The van der Waals surface area contributed by atoms with Crippen LogP contribution in [0.5, 0.6) is 0 Å². The second kappa shape index (κ2) is 7.93. The van der Waals surface area contributed by atoms with Gasteiger partial charge in [-0.05, 0) is 54.4 Å². The van der Waals surface area contributed by atoms with Crippen molar-refractivity contribution >= 4 is 0 Å². The summed E-state index contributed by atoms with van der Waals surface area (Å²) in [5, 5.41) is 9.51. The van der Waals surface area contributed by atoms with Crippen LogP contribution in [-0.2, 0) is 10.8 Å². The Morgan fingerprint density at radius 2 is 1.48 bits per heavy atom. The first-order valence-electron chi connectivity index (χ1n) is 11.3. The molecule has 0 radical (unpaired) electrons. The molecule has 0 aliphatic rings. The molecule has 3 heteroatoms. The normalized spacial score (nSPS) is 13.0. The largest absolute Gasteiger partial charge is 0.278 e. The van der Waals surface area contributed by atoms with Crippen molar-refractivity contribution in [2.45, 2.75) is 86.5 Å². The highest BCUT2D eigenvalue weighted by Crippen LogP contribution is 2.39. The first-order chi connectivity index (χ1) is 14.2. The lowest BCUT2D eigenvalue weighted by molar-refractivity contribution is 0.272. The van der Waals surface area contributed by atoms with Gasteiger partial charge in [0.2, 0.25) is 0 Å². The molecule has 3 nitrogen and oxygen atoms in total. The molecule has 0 atom stereocenters. The van der Waals surface area contributed by atoms with Crippen LogP contribution >= 0.6 is 0 Å². The summed E-state index contributed by atoms with van der Waals surface area (Å²) in [5.41, 5.74) is 6.25. The van der Waals surface area contributed by atoms with Gasteiger partial charge in [-0.2, -0.15) is 0 Å². The van der Waals surface area contributed by atoms with Gasteiger partial charge in [-0.3, -0.25) is 4.57 Å². The maximum atomic E-state index is 4.78. The maximum Gasteiger partial charge on any atom is 0.168 e. The molecule has 0 bridgehead atoms. The van der Waals surface area contributed by atoms with E-state index in [-0.39, 0.29) is 16.2 Å². The average molecular weight is 418 g/mol. The Kier molecular flexibility index (Phi) is 5.94. The number of nitrogens with zero attached hydrogens (tertiary/aromatic N) is 3. The van der Waals surface area contributed by atoms with Crippen molar-refractivity contribution in [3.63, 3.8) is 0 Å². The van der Waals surface area contributed by atoms with E-state index in [0.29, 0.717) is 0 Å². The number of rotatable bonds is 4. The summed E-state index contributed by atoms with van der Waals surface area (Å²) in [6.07, 6.45) is 1.02. The van der Waals surface area contributed by atoms with Crippen LogP contribution < -0.4 is 0 Å². The Labute approximate surface area is 188 Å². The van der Waals surface area contributed by atoms with Crippen molar-refractivity contribution in [3.05, 3.63) is 65.0 Å². The highest BCUT2D eigenvalue weighted by Gasteiger charge is 2.34. The molecule has 0 aliphatic heterocycles. The van der Waals surface area contributed by atoms with E-state index in [1.54, 1.807) is 0 Å².